The summed E-state index contributed by atoms with van der Waals surface area (Å²) in [5.74, 6) is 0.712. The largest absolute Gasteiger partial charge is 0.266 e. The highest BCUT2D eigenvalue weighted by Gasteiger charge is 2.29. The molecular formula is C31H37N2Si+. The van der Waals surface area contributed by atoms with E-state index in [1.807, 2.05) is 12.3 Å². The zero-order valence-electron chi connectivity index (χ0n) is 21.4. The maximum atomic E-state index is 4.72. The van der Waals surface area contributed by atoms with E-state index in [2.05, 4.69) is 93.3 Å². The molecule has 0 aliphatic heterocycles. The summed E-state index contributed by atoms with van der Waals surface area (Å²) in [5, 5.41) is 5.33. The van der Waals surface area contributed by atoms with Gasteiger partial charge in [-0.05, 0) is 78.9 Å². The van der Waals surface area contributed by atoms with Crippen LogP contribution < -0.4 is 15.1 Å². The second-order valence-electron chi connectivity index (χ2n) is 10.8. The second kappa shape index (κ2) is 9.11. The molecule has 0 radical (unpaired) electrons. The lowest BCUT2D eigenvalue weighted by Gasteiger charge is -2.24. The summed E-state index contributed by atoms with van der Waals surface area (Å²) in [6, 6.07) is 20.7. The van der Waals surface area contributed by atoms with E-state index in [1.165, 1.54) is 81.3 Å². The molecule has 1 aliphatic rings. The van der Waals surface area contributed by atoms with Gasteiger partial charge in [0.25, 0.3) is 0 Å². The van der Waals surface area contributed by atoms with Crippen molar-refractivity contribution in [3.8, 4) is 11.3 Å². The fourth-order valence-corrected chi connectivity index (χ4v) is 8.00. The fourth-order valence-electron chi connectivity index (χ4n) is 5.78. The molecule has 2 nitrogen and oxygen atoms in total. The van der Waals surface area contributed by atoms with Crippen LogP contribution in [0.5, 0.6) is 0 Å². The summed E-state index contributed by atoms with van der Waals surface area (Å²) >= 11 is 0. The van der Waals surface area contributed by atoms with Crippen molar-refractivity contribution in [1.29, 1.82) is 0 Å². The van der Waals surface area contributed by atoms with E-state index >= 15 is 0 Å². The summed E-state index contributed by atoms with van der Waals surface area (Å²) in [6.45, 7) is 9.39. The molecule has 3 heteroatoms. The highest BCUT2D eigenvalue weighted by molar-refractivity contribution is 7.00. The van der Waals surface area contributed by atoms with Crippen LogP contribution in [0.2, 0.25) is 13.1 Å². The van der Waals surface area contributed by atoms with Crippen LogP contribution >= 0.6 is 0 Å². The van der Waals surface area contributed by atoms with Crippen LogP contribution in [0, 0.1) is 13.8 Å². The predicted octanol–water partition coefficient (Wildman–Crippen LogP) is 6.21. The lowest BCUT2D eigenvalue weighted by atomic mass is 9.81. The molecule has 5 rings (SSSR count). The average Bonchev–Trinajstić information content (AvgIpc) is 2.86. The summed E-state index contributed by atoms with van der Waals surface area (Å²) in [5.41, 5.74) is 7.07. The van der Waals surface area contributed by atoms with Gasteiger partial charge in [-0.15, -0.1) is 0 Å². The maximum Gasteiger partial charge on any atom is 0.220 e. The number of aryl methyl sites for hydroxylation is 2. The normalized spacial score (nSPS) is 15.1. The standard InChI is InChI=1S/C31H37N2Si/c1-22-19-26(24-11-7-6-8-12-24)21-29(23(22)2)31-28-15-14-27(20-25(28)16-18-33(31)3)34(4,5)30-13-9-10-17-32-30/h9-10,13-21,24H,6-8,11-12H2,1-5H3/q+1. The van der Waals surface area contributed by atoms with Gasteiger partial charge in [-0.25, -0.2) is 4.57 Å². The molecule has 2 aromatic carbocycles. The van der Waals surface area contributed by atoms with E-state index in [4.69, 9.17) is 4.98 Å². The maximum absolute atomic E-state index is 4.72. The molecule has 174 valence electrons. The van der Waals surface area contributed by atoms with Crippen molar-refractivity contribution in [2.75, 3.05) is 0 Å². The number of nitrogens with zero attached hydrogens (tertiary/aromatic N) is 2. The third-order valence-electron chi connectivity index (χ3n) is 8.19. The fraction of sp³-hybridized carbons (Fsp3) is 0.355. The first-order chi connectivity index (χ1) is 16.4. The number of fused-ring (bicyclic) bond motifs is 1. The van der Waals surface area contributed by atoms with E-state index in [9.17, 15) is 0 Å². The molecule has 0 amide bonds. The van der Waals surface area contributed by atoms with Gasteiger partial charge in [0.05, 0.1) is 10.9 Å². The van der Waals surface area contributed by atoms with Crippen LogP contribution in [0.3, 0.4) is 0 Å². The van der Waals surface area contributed by atoms with Crippen molar-refractivity contribution in [2.45, 2.75) is 65.0 Å². The van der Waals surface area contributed by atoms with Crippen molar-refractivity contribution in [3.05, 3.63) is 83.7 Å². The number of hydrogen-bond acceptors (Lipinski definition) is 1. The Bertz CT molecular complexity index is 1330. The Morgan fingerprint density at radius 3 is 2.44 bits per heavy atom. The van der Waals surface area contributed by atoms with Gasteiger partial charge in [-0.2, -0.15) is 0 Å². The monoisotopic (exact) mass is 465 g/mol. The minimum atomic E-state index is -1.85. The average molecular weight is 466 g/mol. The molecule has 2 aromatic heterocycles. The molecule has 1 saturated carbocycles. The molecule has 0 bridgehead atoms. The smallest absolute Gasteiger partial charge is 0.220 e. The van der Waals surface area contributed by atoms with E-state index in [-0.39, 0.29) is 0 Å². The zero-order valence-corrected chi connectivity index (χ0v) is 22.4. The van der Waals surface area contributed by atoms with Crippen molar-refractivity contribution in [2.24, 2.45) is 7.05 Å². The van der Waals surface area contributed by atoms with Crippen LogP contribution in [-0.2, 0) is 7.05 Å². The van der Waals surface area contributed by atoms with Crippen LogP contribution in [0.4, 0.5) is 0 Å². The Kier molecular flexibility index (Phi) is 6.16. The molecule has 4 aromatic rings. The number of aromatic nitrogens is 2. The van der Waals surface area contributed by atoms with E-state index in [0.717, 1.165) is 0 Å². The Morgan fingerprint density at radius 1 is 0.912 bits per heavy atom. The molecule has 34 heavy (non-hydrogen) atoms. The topological polar surface area (TPSA) is 16.8 Å². The summed E-state index contributed by atoms with van der Waals surface area (Å²) in [4.78, 5) is 4.72. The Morgan fingerprint density at radius 2 is 1.71 bits per heavy atom. The number of hydrogen-bond donors (Lipinski definition) is 0. The van der Waals surface area contributed by atoms with Gasteiger partial charge < -0.3 is 0 Å². The van der Waals surface area contributed by atoms with Gasteiger partial charge >= 0.3 is 0 Å². The minimum Gasteiger partial charge on any atom is -0.266 e. The SMILES string of the molecule is Cc1cc(C2CCCCC2)cc(-c2c3ccc([Si](C)(C)c4ccccn4)cc3cc[n+]2C)c1C. The molecule has 0 saturated heterocycles. The molecular weight excluding hydrogens is 428 g/mol. The van der Waals surface area contributed by atoms with Gasteiger partial charge in [-0.3, -0.25) is 4.98 Å². The van der Waals surface area contributed by atoms with Crippen LogP contribution in [-0.4, -0.2) is 13.1 Å². The van der Waals surface area contributed by atoms with E-state index < -0.39 is 8.07 Å². The molecule has 0 N–H and O–H groups in total. The summed E-state index contributed by atoms with van der Waals surface area (Å²) in [7, 11) is 0.339. The Hall–Kier alpha value is -2.78. The quantitative estimate of drug-likeness (QED) is 0.258. The van der Waals surface area contributed by atoms with Crippen molar-refractivity contribution >= 4 is 29.4 Å². The second-order valence-corrected chi connectivity index (χ2v) is 15.1. The summed E-state index contributed by atoms with van der Waals surface area (Å²) in [6.07, 6.45) is 11.0. The minimum absolute atomic E-state index is 0.712. The first-order valence-electron chi connectivity index (χ1n) is 12.8. The Balaban J connectivity index is 1.65. The third kappa shape index (κ3) is 4.11. The van der Waals surface area contributed by atoms with Crippen molar-refractivity contribution in [1.82, 2.24) is 4.98 Å². The van der Waals surface area contributed by atoms with Crippen LogP contribution in [0.25, 0.3) is 22.0 Å². The molecule has 0 spiro atoms. The zero-order chi connectivity index (χ0) is 23.9. The van der Waals surface area contributed by atoms with Gasteiger partial charge in [-0.1, -0.05) is 61.8 Å². The van der Waals surface area contributed by atoms with E-state index in [0.29, 0.717) is 5.92 Å². The van der Waals surface area contributed by atoms with Crippen LogP contribution in [0.1, 0.15) is 54.7 Å². The lowest BCUT2D eigenvalue weighted by molar-refractivity contribution is -0.659. The van der Waals surface area contributed by atoms with Gasteiger partial charge in [0.1, 0.15) is 15.1 Å². The third-order valence-corrected chi connectivity index (χ3v) is 11.5. The highest BCUT2D eigenvalue weighted by Crippen LogP contribution is 2.37. The first kappa shape index (κ1) is 23.0. The molecule has 0 unspecified atom stereocenters. The highest BCUT2D eigenvalue weighted by atomic mass is 28.3. The lowest BCUT2D eigenvalue weighted by Crippen LogP contribution is -2.54. The van der Waals surface area contributed by atoms with Gasteiger partial charge in [0, 0.05) is 17.6 Å². The van der Waals surface area contributed by atoms with Crippen LogP contribution in [0.15, 0.2) is 67.0 Å². The Labute approximate surface area is 205 Å². The first-order valence-corrected chi connectivity index (χ1v) is 15.8. The number of pyridine rings is 2. The van der Waals surface area contributed by atoms with Gasteiger partial charge in [0.2, 0.25) is 5.69 Å². The predicted molar refractivity (Wildman–Crippen MR) is 147 cm³/mol. The van der Waals surface area contributed by atoms with E-state index in [1.54, 1.807) is 0 Å². The molecule has 1 fully saturated rings. The van der Waals surface area contributed by atoms with Crippen molar-refractivity contribution < 1.29 is 4.57 Å². The molecule has 2 heterocycles. The van der Waals surface area contributed by atoms with Crippen molar-refractivity contribution in [3.63, 3.8) is 0 Å². The molecule has 0 atom stereocenters. The summed E-state index contributed by atoms with van der Waals surface area (Å²) < 4.78 is 2.32. The number of rotatable bonds is 4. The molecule has 1 aliphatic carbocycles. The van der Waals surface area contributed by atoms with Gasteiger partial charge in [0.15, 0.2) is 6.20 Å². The number of benzene rings is 2.